The Kier molecular flexibility index (Phi) is 8.23. The maximum absolute atomic E-state index is 12.8. The summed E-state index contributed by atoms with van der Waals surface area (Å²) in [5, 5.41) is 8.73. The van der Waals surface area contributed by atoms with Crippen LogP contribution in [0, 0.1) is 0 Å². The van der Waals surface area contributed by atoms with E-state index in [0.717, 1.165) is 28.8 Å². The number of nitrogens with one attached hydrogen (secondary N) is 2. The molecule has 0 unspecified atom stereocenters. The predicted octanol–water partition coefficient (Wildman–Crippen LogP) is 7.32. The number of amides is 1. The molecule has 0 saturated carbocycles. The molecule has 0 spiro atoms. The van der Waals surface area contributed by atoms with Gasteiger partial charge in [0.2, 0.25) is 0 Å². The number of ether oxygens (including phenoxy) is 2. The van der Waals surface area contributed by atoms with E-state index in [9.17, 15) is 4.79 Å². The Balaban J connectivity index is 1.36. The zero-order chi connectivity index (χ0) is 27.2. The van der Waals surface area contributed by atoms with Gasteiger partial charge in [0.25, 0.3) is 5.91 Å². The molecule has 4 aromatic rings. The maximum Gasteiger partial charge on any atom is 0.260 e. The summed E-state index contributed by atoms with van der Waals surface area (Å²) in [6, 6.07) is 26.7. The van der Waals surface area contributed by atoms with E-state index in [4.69, 9.17) is 9.47 Å². The number of carbonyl (C=O) groups excluding carboxylic acids is 1. The molecular formula is C33H32N2O3S. The third kappa shape index (κ3) is 6.13. The lowest BCUT2D eigenvalue weighted by atomic mass is 10.0. The second-order valence-electron chi connectivity index (χ2n) is 9.31. The molecule has 1 aliphatic heterocycles. The van der Waals surface area contributed by atoms with Gasteiger partial charge in [-0.3, -0.25) is 4.79 Å². The standard InChI is InChI=1S/C33H32N2O3S/c1-4-9-25-18-23(20-30-32(36)35-33(39-30)34-27-16-14-22(5-2)15-17-27)19-29(37-3)31(25)38-21-26-12-8-11-24-10-6-7-13-28(24)26/h4,6-8,10-20,33-34H,1,5,9,21H2,2-3H3,(H,35,36)/b30-20-/t33-/m1/s1. The first-order valence-electron chi connectivity index (χ1n) is 13.0. The Morgan fingerprint density at radius 3 is 2.59 bits per heavy atom. The van der Waals surface area contributed by atoms with Crippen molar-refractivity contribution in [2.75, 3.05) is 12.4 Å². The van der Waals surface area contributed by atoms with Crippen molar-refractivity contribution in [3.8, 4) is 11.5 Å². The van der Waals surface area contributed by atoms with Gasteiger partial charge in [0.15, 0.2) is 17.0 Å². The first-order chi connectivity index (χ1) is 19.1. The molecule has 0 aromatic heterocycles. The van der Waals surface area contributed by atoms with Crippen molar-refractivity contribution < 1.29 is 14.3 Å². The molecule has 1 aliphatic rings. The molecule has 1 amide bonds. The summed E-state index contributed by atoms with van der Waals surface area (Å²) in [6.45, 7) is 6.47. The largest absolute Gasteiger partial charge is 0.493 e. The number of fused-ring (bicyclic) bond motifs is 1. The molecule has 2 N–H and O–H groups in total. The van der Waals surface area contributed by atoms with Crippen molar-refractivity contribution in [2.45, 2.75) is 31.9 Å². The molecule has 198 valence electrons. The van der Waals surface area contributed by atoms with Gasteiger partial charge in [-0.2, -0.15) is 0 Å². The Bertz CT molecular complexity index is 1520. The summed E-state index contributed by atoms with van der Waals surface area (Å²) in [5.41, 5.74) is 4.92. The first-order valence-corrected chi connectivity index (χ1v) is 13.9. The average Bonchev–Trinajstić information content (AvgIpc) is 3.30. The third-order valence-electron chi connectivity index (χ3n) is 6.68. The molecule has 1 heterocycles. The van der Waals surface area contributed by atoms with Crippen LogP contribution in [0.4, 0.5) is 5.69 Å². The fraction of sp³-hybridized carbons (Fsp3) is 0.182. The number of allylic oxidation sites excluding steroid dienone is 1. The van der Waals surface area contributed by atoms with Crippen LogP contribution in [0.5, 0.6) is 11.5 Å². The number of rotatable bonds is 10. The van der Waals surface area contributed by atoms with Crippen molar-refractivity contribution in [2.24, 2.45) is 0 Å². The van der Waals surface area contributed by atoms with Crippen molar-refractivity contribution in [3.05, 3.63) is 119 Å². The van der Waals surface area contributed by atoms with Crippen molar-refractivity contribution >= 4 is 40.2 Å². The van der Waals surface area contributed by atoms with Crippen LogP contribution in [-0.2, 0) is 24.2 Å². The molecule has 4 aromatic carbocycles. The van der Waals surface area contributed by atoms with Crippen LogP contribution in [0.25, 0.3) is 16.8 Å². The Morgan fingerprint density at radius 2 is 1.82 bits per heavy atom. The average molecular weight is 537 g/mol. The molecule has 1 fully saturated rings. The third-order valence-corrected chi connectivity index (χ3v) is 7.71. The van der Waals surface area contributed by atoms with Gasteiger partial charge < -0.3 is 20.1 Å². The van der Waals surface area contributed by atoms with Gasteiger partial charge in [-0.25, -0.2) is 0 Å². The maximum atomic E-state index is 12.8. The molecule has 1 atom stereocenters. The van der Waals surface area contributed by atoms with Gasteiger partial charge in [-0.15, -0.1) is 6.58 Å². The topological polar surface area (TPSA) is 59.6 Å². The fourth-order valence-electron chi connectivity index (χ4n) is 4.66. The van der Waals surface area contributed by atoms with E-state index in [2.05, 4.69) is 60.5 Å². The molecule has 0 aliphatic carbocycles. The summed E-state index contributed by atoms with van der Waals surface area (Å²) < 4.78 is 12.1. The van der Waals surface area contributed by atoms with Crippen molar-refractivity contribution in [1.29, 1.82) is 0 Å². The number of hydrogen-bond acceptors (Lipinski definition) is 5. The highest BCUT2D eigenvalue weighted by molar-refractivity contribution is 8.05. The molecule has 1 saturated heterocycles. The first kappa shape index (κ1) is 26.4. The minimum Gasteiger partial charge on any atom is -0.493 e. The van der Waals surface area contributed by atoms with E-state index in [1.807, 2.05) is 54.6 Å². The number of thioether (sulfide) groups is 1. The zero-order valence-electron chi connectivity index (χ0n) is 22.2. The lowest BCUT2D eigenvalue weighted by Gasteiger charge is -2.17. The minimum atomic E-state index is -0.242. The molecule has 0 bridgehead atoms. The minimum absolute atomic E-state index is 0.108. The summed E-state index contributed by atoms with van der Waals surface area (Å²) in [7, 11) is 1.63. The quantitative estimate of drug-likeness (QED) is 0.164. The smallest absolute Gasteiger partial charge is 0.260 e. The van der Waals surface area contributed by atoms with Gasteiger partial charge in [0.1, 0.15) is 6.61 Å². The van der Waals surface area contributed by atoms with E-state index in [-0.39, 0.29) is 11.4 Å². The monoisotopic (exact) mass is 536 g/mol. The zero-order valence-corrected chi connectivity index (χ0v) is 23.0. The van der Waals surface area contributed by atoms with Crippen LogP contribution in [0.2, 0.25) is 0 Å². The van der Waals surface area contributed by atoms with Gasteiger partial charge in [-0.1, -0.05) is 79.4 Å². The summed E-state index contributed by atoms with van der Waals surface area (Å²) in [4.78, 5) is 13.4. The van der Waals surface area contributed by atoms with Crippen molar-refractivity contribution in [3.63, 3.8) is 0 Å². The second-order valence-corrected chi connectivity index (χ2v) is 10.5. The second kappa shape index (κ2) is 12.1. The molecule has 6 heteroatoms. The number of anilines is 1. The lowest BCUT2D eigenvalue weighted by Crippen LogP contribution is -2.30. The van der Waals surface area contributed by atoms with Crippen LogP contribution in [-0.4, -0.2) is 18.5 Å². The van der Waals surface area contributed by atoms with Gasteiger partial charge >= 0.3 is 0 Å². The molecule has 5 nitrogen and oxygen atoms in total. The predicted molar refractivity (Wildman–Crippen MR) is 162 cm³/mol. The van der Waals surface area contributed by atoms with E-state index >= 15 is 0 Å². The normalized spacial score (nSPS) is 15.8. The van der Waals surface area contributed by atoms with Crippen LogP contribution in [0.1, 0.15) is 29.2 Å². The number of methoxy groups -OCH3 is 1. The van der Waals surface area contributed by atoms with Gasteiger partial charge in [0.05, 0.1) is 12.0 Å². The van der Waals surface area contributed by atoms with E-state index in [1.165, 1.54) is 28.1 Å². The molecule has 5 rings (SSSR count). The highest BCUT2D eigenvalue weighted by atomic mass is 32.2. The lowest BCUT2D eigenvalue weighted by molar-refractivity contribution is -0.116. The molecule has 0 radical (unpaired) electrons. The highest BCUT2D eigenvalue weighted by Gasteiger charge is 2.27. The number of benzene rings is 4. The molecule has 39 heavy (non-hydrogen) atoms. The fourth-order valence-corrected chi connectivity index (χ4v) is 5.65. The Labute approximate surface area is 233 Å². The summed E-state index contributed by atoms with van der Waals surface area (Å²) >= 11 is 1.46. The Hall–Kier alpha value is -4.16. The molecular weight excluding hydrogens is 504 g/mol. The highest BCUT2D eigenvalue weighted by Crippen LogP contribution is 2.37. The van der Waals surface area contributed by atoms with Gasteiger partial charge in [0, 0.05) is 11.3 Å². The van der Waals surface area contributed by atoms with Crippen LogP contribution in [0.3, 0.4) is 0 Å². The van der Waals surface area contributed by atoms with E-state index in [0.29, 0.717) is 29.4 Å². The number of carbonyl (C=O) groups is 1. The summed E-state index contributed by atoms with van der Waals surface area (Å²) in [6.07, 6.45) is 5.34. The summed E-state index contributed by atoms with van der Waals surface area (Å²) in [5.74, 6) is 1.20. The van der Waals surface area contributed by atoms with Crippen LogP contribution < -0.4 is 20.1 Å². The van der Waals surface area contributed by atoms with Crippen LogP contribution >= 0.6 is 11.8 Å². The van der Waals surface area contributed by atoms with Gasteiger partial charge in [-0.05, 0) is 70.6 Å². The Morgan fingerprint density at radius 1 is 1.03 bits per heavy atom. The van der Waals surface area contributed by atoms with E-state index in [1.54, 1.807) is 7.11 Å². The van der Waals surface area contributed by atoms with Crippen LogP contribution in [0.15, 0.2) is 96.4 Å². The number of aryl methyl sites for hydroxylation is 1. The SMILES string of the molecule is C=CCc1cc(/C=C2\S[C@H](Nc3ccc(CC)cc3)NC2=O)cc(OC)c1OCc1cccc2ccccc12. The van der Waals surface area contributed by atoms with Crippen molar-refractivity contribution in [1.82, 2.24) is 5.32 Å². The number of hydrogen-bond donors (Lipinski definition) is 2. The van der Waals surface area contributed by atoms with E-state index < -0.39 is 0 Å².